The summed E-state index contributed by atoms with van der Waals surface area (Å²) < 4.78 is 41.0. The highest BCUT2D eigenvalue weighted by atomic mass is 35.5. The fourth-order valence-electron chi connectivity index (χ4n) is 3.49. The van der Waals surface area contributed by atoms with Crippen LogP contribution in [0.15, 0.2) is 49.1 Å². The Bertz CT molecular complexity index is 1130. The summed E-state index contributed by atoms with van der Waals surface area (Å²) in [5, 5.41) is 3.50. The monoisotopic (exact) mass is 434 g/mol. The Kier molecular flexibility index (Phi) is 5.99. The van der Waals surface area contributed by atoms with Gasteiger partial charge >= 0.3 is 6.18 Å². The van der Waals surface area contributed by atoms with Gasteiger partial charge in [0.25, 0.3) is 5.91 Å². The lowest BCUT2D eigenvalue weighted by Crippen LogP contribution is -2.18. The van der Waals surface area contributed by atoms with Crippen molar-refractivity contribution in [3.8, 4) is 0 Å². The smallest absolute Gasteiger partial charge is 0.332 e. The highest BCUT2D eigenvalue weighted by Gasteiger charge is 2.31. The minimum atomic E-state index is -4.54. The molecule has 0 aliphatic rings. The van der Waals surface area contributed by atoms with Gasteiger partial charge in [-0.25, -0.2) is 0 Å². The Hall–Kier alpha value is -2.73. The third-order valence-electron chi connectivity index (χ3n) is 5.08. The van der Waals surface area contributed by atoms with Crippen molar-refractivity contribution in [1.82, 2.24) is 4.57 Å². The number of carbonyl (C=O) groups is 1. The Morgan fingerprint density at radius 3 is 2.53 bits per heavy atom. The lowest BCUT2D eigenvalue weighted by molar-refractivity contribution is -0.137. The molecule has 30 heavy (non-hydrogen) atoms. The first kappa shape index (κ1) is 22.0. The molecule has 0 aliphatic heterocycles. The summed E-state index contributed by atoms with van der Waals surface area (Å²) in [6.45, 7) is 10.1. The number of nitrogens with zero attached hydrogens (tertiary/aromatic N) is 1. The molecule has 0 atom stereocenters. The lowest BCUT2D eigenvalue weighted by Gasteiger charge is -2.13. The summed E-state index contributed by atoms with van der Waals surface area (Å²) in [7, 11) is 0. The summed E-state index contributed by atoms with van der Waals surface area (Å²) in [5.74, 6) is -0.212. The maximum Gasteiger partial charge on any atom is 0.416 e. The summed E-state index contributed by atoms with van der Waals surface area (Å²) >= 11 is 6.05. The minimum Gasteiger partial charge on any atom is -0.332 e. The molecule has 0 unspecified atom stereocenters. The van der Waals surface area contributed by atoms with Gasteiger partial charge in [0.05, 0.1) is 16.3 Å². The number of rotatable bonds is 5. The minimum absolute atomic E-state index is 0.0301. The first-order valence-corrected chi connectivity index (χ1v) is 9.84. The molecule has 7 heteroatoms. The van der Waals surface area contributed by atoms with Crippen LogP contribution in [0.1, 0.15) is 46.9 Å². The molecule has 3 rings (SSSR count). The van der Waals surface area contributed by atoms with Crippen LogP contribution in [-0.4, -0.2) is 10.5 Å². The average molecular weight is 435 g/mol. The molecule has 3 aromatic rings. The first-order valence-electron chi connectivity index (χ1n) is 9.46. The number of allylic oxidation sites excluding steroid dienone is 1. The number of fused-ring (bicyclic) bond motifs is 1. The number of benzene rings is 2. The molecule has 2 aromatic carbocycles. The normalized spacial score (nSPS) is 11.9. The zero-order valence-electron chi connectivity index (χ0n) is 16.9. The van der Waals surface area contributed by atoms with Crippen molar-refractivity contribution < 1.29 is 18.0 Å². The van der Waals surface area contributed by atoms with Crippen LogP contribution in [-0.2, 0) is 12.7 Å². The molecular weight excluding hydrogens is 413 g/mol. The molecule has 3 nitrogen and oxygen atoms in total. The summed E-state index contributed by atoms with van der Waals surface area (Å²) in [6, 6.07) is 8.86. The van der Waals surface area contributed by atoms with Crippen LogP contribution in [0.5, 0.6) is 0 Å². The SMILES string of the molecule is C=CCn1c(C(=O)Nc2cc(C(F)(F)F)ccc2Cl)c(C)c2cc(C(C)C)ccc21. The fourth-order valence-corrected chi connectivity index (χ4v) is 3.65. The van der Waals surface area contributed by atoms with Crippen molar-refractivity contribution in [3.05, 3.63) is 76.5 Å². The fraction of sp³-hybridized carbons (Fsp3) is 0.261. The number of aromatic nitrogens is 1. The van der Waals surface area contributed by atoms with E-state index in [1.807, 2.05) is 25.1 Å². The average Bonchev–Trinajstić information content (AvgIpc) is 2.94. The molecule has 0 aliphatic carbocycles. The number of anilines is 1. The van der Waals surface area contributed by atoms with Gasteiger partial charge < -0.3 is 9.88 Å². The predicted molar refractivity (Wildman–Crippen MR) is 115 cm³/mol. The molecule has 0 saturated heterocycles. The van der Waals surface area contributed by atoms with E-state index in [1.54, 1.807) is 10.6 Å². The largest absolute Gasteiger partial charge is 0.416 e. The van der Waals surface area contributed by atoms with Gasteiger partial charge in [-0.15, -0.1) is 6.58 Å². The number of amides is 1. The molecule has 0 saturated carbocycles. The van der Waals surface area contributed by atoms with Crippen molar-refractivity contribution >= 4 is 34.1 Å². The maximum atomic E-state index is 13.1. The zero-order chi connectivity index (χ0) is 22.2. The van der Waals surface area contributed by atoms with Gasteiger partial charge in [-0.2, -0.15) is 13.2 Å². The molecule has 1 aromatic heterocycles. The molecule has 1 amide bonds. The standard InChI is InChI=1S/C23H22ClF3N2O/c1-5-10-29-20-9-6-15(13(2)3)11-17(20)14(4)21(29)22(30)28-19-12-16(23(25,26)27)7-8-18(19)24/h5-9,11-13H,1,10H2,2-4H3,(H,28,30). The second kappa shape index (κ2) is 8.19. The van der Waals surface area contributed by atoms with Gasteiger partial charge in [0.15, 0.2) is 0 Å². The Labute approximate surface area is 178 Å². The molecule has 1 N–H and O–H groups in total. The molecular formula is C23H22ClF3N2O. The van der Waals surface area contributed by atoms with Crippen LogP contribution in [0.25, 0.3) is 10.9 Å². The van der Waals surface area contributed by atoms with Gasteiger partial charge in [0, 0.05) is 17.4 Å². The highest BCUT2D eigenvalue weighted by molar-refractivity contribution is 6.34. The summed E-state index contributed by atoms with van der Waals surface area (Å²) in [6.07, 6.45) is -2.87. The molecule has 0 radical (unpaired) electrons. The topological polar surface area (TPSA) is 34.0 Å². The van der Waals surface area contributed by atoms with Crippen molar-refractivity contribution in [2.24, 2.45) is 0 Å². The predicted octanol–water partition coefficient (Wildman–Crippen LogP) is 7.18. The van der Waals surface area contributed by atoms with E-state index in [2.05, 4.69) is 25.7 Å². The van der Waals surface area contributed by atoms with Gasteiger partial charge in [-0.05, 0) is 54.3 Å². The van der Waals surface area contributed by atoms with E-state index in [-0.39, 0.29) is 10.7 Å². The van der Waals surface area contributed by atoms with E-state index in [0.717, 1.165) is 40.2 Å². The third kappa shape index (κ3) is 4.10. The third-order valence-corrected chi connectivity index (χ3v) is 5.41. The van der Waals surface area contributed by atoms with Crippen LogP contribution >= 0.6 is 11.6 Å². The quantitative estimate of drug-likeness (QED) is 0.424. The number of halogens is 4. The Morgan fingerprint density at radius 1 is 1.23 bits per heavy atom. The van der Waals surface area contributed by atoms with E-state index >= 15 is 0 Å². The number of aryl methyl sites for hydroxylation is 1. The van der Waals surface area contributed by atoms with Gasteiger partial charge in [-0.3, -0.25) is 4.79 Å². The van der Waals surface area contributed by atoms with E-state index in [9.17, 15) is 18.0 Å². The van der Waals surface area contributed by atoms with Crippen LogP contribution in [0.3, 0.4) is 0 Å². The van der Waals surface area contributed by atoms with Gasteiger partial charge in [0.2, 0.25) is 0 Å². The number of hydrogen-bond donors (Lipinski definition) is 1. The van der Waals surface area contributed by atoms with E-state index in [0.29, 0.717) is 18.2 Å². The number of carbonyl (C=O) groups excluding carboxylic acids is 1. The molecule has 158 valence electrons. The number of nitrogens with one attached hydrogen (secondary N) is 1. The highest BCUT2D eigenvalue weighted by Crippen LogP contribution is 2.35. The first-order chi connectivity index (χ1) is 14.0. The van der Waals surface area contributed by atoms with Crippen LogP contribution in [0, 0.1) is 6.92 Å². The Balaban J connectivity index is 2.10. The van der Waals surface area contributed by atoms with E-state index < -0.39 is 17.6 Å². The number of alkyl halides is 3. The lowest BCUT2D eigenvalue weighted by atomic mass is 10.0. The molecule has 0 fully saturated rings. The summed E-state index contributed by atoms with van der Waals surface area (Å²) in [5.41, 5.74) is 2.13. The zero-order valence-corrected chi connectivity index (χ0v) is 17.7. The Morgan fingerprint density at radius 2 is 1.93 bits per heavy atom. The molecule has 1 heterocycles. The van der Waals surface area contributed by atoms with Crippen molar-refractivity contribution in [1.29, 1.82) is 0 Å². The van der Waals surface area contributed by atoms with E-state index in [1.165, 1.54) is 0 Å². The van der Waals surface area contributed by atoms with Crippen molar-refractivity contribution in [2.75, 3.05) is 5.32 Å². The molecule has 0 spiro atoms. The number of hydrogen-bond acceptors (Lipinski definition) is 1. The van der Waals surface area contributed by atoms with Crippen molar-refractivity contribution in [3.63, 3.8) is 0 Å². The van der Waals surface area contributed by atoms with Crippen molar-refractivity contribution in [2.45, 2.75) is 39.4 Å². The molecule has 0 bridgehead atoms. The second-order valence-corrected chi connectivity index (χ2v) is 7.86. The van der Waals surface area contributed by atoms with Crippen LogP contribution < -0.4 is 5.32 Å². The second-order valence-electron chi connectivity index (χ2n) is 7.45. The summed E-state index contributed by atoms with van der Waals surface area (Å²) in [4.78, 5) is 13.1. The van der Waals surface area contributed by atoms with Gasteiger partial charge in [-0.1, -0.05) is 37.6 Å². The van der Waals surface area contributed by atoms with Crippen LogP contribution in [0.2, 0.25) is 5.02 Å². The maximum absolute atomic E-state index is 13.1. The van der Waals surface area contributed by atoms with E-state index in [4.69, 9.17) is 11.6 Å². The van der Waals surface area contributed by atoms with Gasteiger partial charge in [0.1, 0.15) is 5.69 Å². The van der Waals surface area contributed by atoms with Crippen LogP contribution in [0.4, 0.5) is 18.9 Å².